The van der Waals surface area contributed by atoms with Gasteiger partial charge in [0.15, 0.2) is 17.5 Å². The topological polar surface area (TPSA) is 65.0 Å². The van der Waals surface area contributed by atoms with E-state index in [9.17, 15) is 0 Å². The molecule has 5 nitrogen and oxygen atoms in total. The molecule has 6 heteroatoms. The summed E-state index contributed by atoms with van der Waals surface area (Å²) in [6, 6.07) is 52.2. The Balaban J connectivity index is 1.10. The van der Waals surface area contributed by atoms with E-state index in [1.54, 1.807) is 11.3 Å². The molecule has 4 aromatic heterocycles. The van der Waals surface area contributed by atoms with Crippen molar-refractivity contribution in [3.63, 3.8) is 0 Å². The lowest BCUT2D eigenvalue weighted by Gasteiger charge is -2.10. The summed E-state index contributed by atoms with van der Waals surface area (Å²) in [5.74, 6) is 1.81. The highest BCUT2D eigenvalue weighted by Crippen LogP contribution is 2.41. The van der Waals surface area contributed by atoms with Crippen molar-refractivity contribution in [2.45, 2.75) is 0 Å². The second-order valence-corrected chi connectivity index (χ2v) is 13.8. The van der Waals surface area contributed by atoms with Crippen molar-refractivity contribution in [2.24, 2.45) is 0 Å². The SMILES string of the molecule is c1ccc(-c2nc(-c3cccc4c3oc3ccc(-c5ccc6oc7ccccc7c6c5)cc34)nc(-c3cccc4sc5ccccc5c34)n2)cc1. The summed E-state index contributed by atoms with van der Waals surface area (Å²) in [4.78, 5) is 15.3. The van der Waals surface area contributed by atoms with Crippen LogP contribution >= 0.6 is 11.3 Å². The number of thiophene rings is 1. The fourth-order valence-corrected chi connectivity index (χ4v) is 8.49. The number of hydrogen-bond donors (Lipinski definition) is 0. The van der Waals surface area contributed by atoms with Gasteiger partial charge in [-0.15, -0.1) is 11.3 Å². The van der Waals surface area contributed by atoms with Crippen LogP contribution in [0.2, 0.25) is 0 Å². The van der Waals surface area contributed by atoms with Crippen molar-refractivity contribution in [1.82, 2.24) is 15.0 Å². The summed E-state index contributed by atoms with van der Waals surface area (Å²) in [6.07, 6.45) is 0. The zero-order chi connectivity index (χ0) is 33.5. The lowest BCUT2D eigenvalue weighted by atomic mass is 10.00. The number of furan rings is 2. The molecule has 238 valence electrons. The van der Waals surface area contributed by atoms with Crippen LogP contribution in [0.3, 0.4) is 0 Å². The largest absolute Gasteiger partial charge is 0.456 e. The van der Waals surface area contributed by atoms with Gasteiger partial charge in [0.1, 0.15) is 22.3 Å². The normalized spacial score (nSPS) is 11.9. The Hall–Kier alpha value is -6.63. The Morgan fingerprint density at radius 1 is 0.373 bits per heavy atom. The molecule has 0 unspecified atom stereocenters. The van der Waals surface area contributed by atoms with Gasteiger partial charge in [0, 0.05) is 52.8 Å². The van der Waals surface area contributed by atoms with Crippen LogP contribution in [0.1, 0.15) is 0 Å². The van der Waals surface area contributed by atoms with Gasteiger partial charge >= 0.3 is 0 Å². The third-order valence-electron chi connectivity index (χ3n) is 9.76. The maximum atomic E-state index is 6.64. The number of para-hydroxylation sites is 2. The first-order valence-corrected chi connectivity index (χ1v) is 17.7. The second-order valence-electron chi connectivity index (χ2n) is 12.8. The highest BCUT2D eigenvalue weighted by molar-refractivity contribution is 7.25. The molecule has 0 spiro atoms. The van der Waals surface area contributed by atoms with Gasteiger partial charge < -0.3 is 8.83 Å². The Morgan fingerprint density at radius 2 is 0.961 bits per heavy atom. The molecule has 0 amide bonds. The minimum atomic E-state index is 0.567. The van der Waals surface area contributed by atoms with Gasteiger partial charge in [0.25, 0.3) is 0 Å². The van der Waals surface area contributed by atoms with Gasteiger partial charge in [-0.25, -0.2) is 15.0 Å². The van der Waals surface area contributed by atoms with Crippen molar-refractivity contribution in [1.29, 1.82) is 0 Å². The first-order chi connectivity index (χ1) is 25.2. The maximum Gasteiger partial charge on any atom is 0.167 e. The molecule has 0 aliphatic rings. The molecule has 0 aliphatic carbocycles. The van der Waals surface area contributed by atoms with E-state index in [1.165, 1.54) is 14.8 Å². The van der Waals surface area contributed by atoms with Gasteiger partial charge in [-0.3, -0.25) is 0 Å². The molecular weight excluding hydrogens is 647 g/mol. The average molecular weight is 672 g/mol. The fourth-order valence-electron chi connectivity index (χ4n) is 7.35. The molecule has 11 rings (SSSR count). The summed E-state index contributed by atoms with van der Waals surface area (Å²) in [5, 5.41) is 6.62. The smallest absolute Gasteiger partial charge is 0.167 e. The maximum absolute atomic E-state index is 6.64. The molecule has 0 N–H and O–H groups in total. The quantitative estimate of drug-likeness (QED) is 0.186. The van der Waals surface area contributed by atoms with Crippen LogP contribution in [0.25, 0.3) is 109 Å². The van der Waals surface area contributed by atoms with E-state index in [0.29, 0.717) is 17.5 Å². The summed E-state index contributed by atoms with van der Waals surface area (Å²) < 4.78 is 15.2. The molecule has 0 fully saturated rings. The molecule has 0 radical (unpaired) electrons. The number of fused-ring (bicyclic) bond motifs is 9. The average Bonchev–Trinajstić information content (AvgIpc) is 3.88. The van der Waals surface area contributed by atoms with Crippen LogP contribution in [0, 0.1) is 0 Å². The Bertz CT molecular complexity index is 3160. The van der Waals surface area contributed by atoms with Gasteiger partial charge in [0.2, 0.25) is 0 Å². The van der Waals surface area contributed by atoms with E-state index >= 15 is 0 Å². The summed E-state index contributed by atoms with van der Waals surface area (Å²) >= 11 is 1.79. The van der Waals surface area contributed by atoms with E-state index in [0.717, 1.165) is 77.1 Å². The molecule has 0 atom stereocenters. The van der Waals surface area contributed by atoms with Crippen molar-refractivity contribution >= 4 is 75.4 Å². The number of rotatable bonds is 4. The number of hydrogen-bond acceptors (Lipinski definition) is 6. The molecule has 0 aliphatic heterocycles. The lowest BCUT2D eigenvalue weighted by molar-refractivity contribution is 0.668. The fraction of sp³-hybridized carbons (Fsp3) is 0. The highest BCUT2D eigenvalue weighted by atomic mass is 32.1. The molecule has 0 bridgehead atoms. The van der Waals surface area contributed by atoms with Crippen LogP contribution < -0.4 is 0 Å². The monoisotopic (exact) mass is 671 g/mol. The Kier molecular flexibility index (Phi) is 6.05. The van der Waals surface area contributed by atoms with Crippen molar-refractivity contribution < 1.29 is 8.83 Å². The molecule has 0 saturated heterocycles. The summed E-state index contributed by atoms with van der Waals surface area (Å²) in [6.45, 7) is 0. The van der Waals surface area contributed by atoms with E-state index in [-0.39, 0.29) is 0 Å². The Labute approximate surface area is 295 Å². The van der Waals surface area contributed by atoms with E-state index in [1.807, 2.05) is 54.6 Å². The van der Waals surface area contributed by atoms with Gasteiger partial charge in [-0.05, 0) is 59.7 Å². The van der Waals surface area contributed by atoms with Crippen molar-refractivity contribution in [3.8, 4) is 45.3 Å². The van der Waals surface area contributed by atoms with Gasteiger partial charge in [-0.2, -0.15) is 0 Å². The second kappa shape index (κ2) is 10.9. The first-order valence-electron chi connectivity index (χ1n) is 16.8. The third-order valence-corrected chi connectivity index (χ3v) is 10.9. The third kappa shape index (κ3) is 4.43. The molecule has 11 aromatic rings. The molecule has 7 aromatic carbocycles. The highest BCUT2D eigenvalue weighted by Gasteiger charge is 2.20. The van der Waals surface area contributed by atoms with Crippen molar-refractivity contribution in [2.75, 3.05) is 0 Å². The minimum Gasteiger partial charge on any atom is -0.456 e. The summed E-state index contributed by atoms with van der Waals surface area (Å²) in [7, 11) is 0. The molecular formula is C45H25N3O2S. The first kappa shape index (κ1) is 28.2. The van der Waals surface area contributed by atoms with E-state index < -0.39 is 0 Å². The minimum absolute atomic E-state index is 0.567. The summed E-state index contributed by atoms with van der Waals surface area (Å²) in [5.41, 5.74) is 8.28. The predicted molar refractivity (Wildman–Crippen MR) is 209 cm³/mol. The zero-order valence-electron chi connectivity index (χ0n) is 27.0. The molecule has 4 heterocycles. The number of benzene rings is 7. The van der Waals surface area contributed by atoms with Crippen LogP contribution in [-0.4, -0.2) is 15.0 Å². The van der Waals surface area contributed by atoms with Crippen LogP contribution in [0.4, 0.5) is 0 Å². The van der Waals surface area contributed by atoms with Crippen LogP contribution in [-0.2, 0) is 0 Å². The van der Waals surface area contributed by atoms with Gasteiger partial charge in [-0.1, -0.05) is 103 Å². The molecule has 51 heavy (non-hydrogen) atoms. The number of nitrogens with zero attached hydrogens (tertiary/aromatic N) is 3. The molecule has 0 saturated carbocycles. The lowest BCUT2D eigenvalue weighted by Crippen LogP contribution is -2.00. The van der Waals surface area contributed by atoms with E-state index in [4.69, 9.17) is 23.8 Å². The van der Waals surface area contributed by atoms with Crippen LogP contribution in [0.15, 0.2) is 160 Å². The Morgan fingerprint density at radius 3 is 1.80 bits per heavy atom. The van der Waals surface area contributed by atoms with Crippen molar-refractivity contribution in [3.05, 3.63) is 152 Å². The number of aromatic nitrogens is 3. The van der Waals surface area contributed by atoms with Gasteiger partial charge in [0.05, 0.1) is 5.56 Å². The predicted octanol–water partition coefficient (Wildman–Crippen LogP) is 12.7. The standard InChI is InChI=1S/C45H25N3O2S/c1-2-10-26(11-3-1)43-46-44(32-15-9-19-40-41(32)31-13-5-7-18-39(31)51-40)48-45(47-43)33-16-8-14-30-35-25-28(21-23-38(35)50-42(30)33)27-20-22-37-34(24-27)29-12-4-6-17-36(29)49-37/h1-25H. The zero-order valence-corrected chi connectivity index (χ0v) is 27.8. The van der Waals surface area contributed by atoms with E-state index in [2.05, 4.69) is 97.1 Å². The van der Waals surface area contributed by atoms with Crippen LogP contribution in [0.5, 0.6) is 0 Å².